The Kier molecular flexibility index (Phi) is 4.25. The number of aliphatic carboxylic acids is 1. The predicted octanol–water partition coefficient (Wildman–Crippen LogP) is 2.14. The molecule has 4 heteroatoms. The van der Waals surface area contributed by atoms with Gasteiger partial charge in [0.15, 0.2) is 0 Å². The molecular formula is C14H23NO3. The third kappa shape index (κ3) is 3.47. The highest BCUT2D eigenvalue weighted by atomic mass is 16.4. The van der Waals surface area contributed by atoms with Gasteiger partial charge in [0, 0.05) is 25.9 Å². The van der Waals surface area contributed by atoms with Crippen molar-refractivity contribution in [1.29, 1.82) is 0 Å². The molecule has 18 heavy (non-hydrogen) atoms. The van der Waals surface area contributed by atoms with Gasteiger partial charge in [0.2, 0.25) is 5.91 Å². The molecule has 0 radical (unpaired) electrons. The lowest BCUT2D eigenvalue weighted by Gasteiger charge is -2.41. The summed E-state index contributed by atoms with van der Waals surface area (Å²) in [6.45, 7) is 3.64. The minimum Gasteiger partial charge on any atom is -0.481 e. The third-order valence-electron chi connectivity index (χ3n) is 4.25. The number of hydrogen-bond acceptors (Lipinski definition) is 2. The van der Waals surface area contributed by atoms with Crippen LogP contribution in [0.15, 0.2) is 0 Å². The molecule has 4 nitrogen and oxygen atoms in total. The average molecular weight is 253 g/mol. The molecule has 2 rings (SSSR count). The van der Waals surface area contributed by atoms with Crippen LogP contribution in [-0.4, -0.2) is 35.0 Å². The molecule has 0 aromatic heterocycles. The second kappa shape index (κ2) is 5.72. The largest absolute Gasteiger partial charge is 0.481 e. The number of hydrogen-bond donors (Lipinski definition) is 1. The van der Waals surface area contributed by atoms with E-state index in [0.717, 1.165) is 13.1 Å². The van der Waals surface area contributed by atoms with Crippen LogP contribution in [0.4, 0.5) is 0 Å². The molecule has 2 fully saturated rings. The zero-order valence-electron chi connectivity index (χ0n) is 11.1. The highest BCUT2D eigenvalue weighted by molar-refractivity contribution is 5.77. The zero-order valence-corrected chi connectivity index (χ0v) is 11.1. The van der Waals surface area contributed by atoms with Crippen molar-refractivity contribution in [3.63, 3.8) is 0 Å². The molecular weight excluding hydrogens is 230 g/mol. The maximum Gasteiger partial charge on any atom is 0.303 e. The lowest BCUT2D eigenvalue weighted by atomic mass is 9.78. The van der Waals surface area contributed by atoms with Gasteiger partial charge < -0.3 is 10.0 Å². The highest BCUT2D eigenvalue weighted by Crippen LogP contribution is 2.34. The summed E-state index contributed by atoms with van der Waals surface area (Å²) >= 11 is 0. The molecule has 2 bridgehead atoms. The van der Waals surface area contributed by atoms with Gasteiger partial charge in [-0.2, -0.15) is 0 Å². The summed E-state index contributed by atoms with van der Waals surface area (Å²) in [5, 5.41) is 8.71. The van der Waals surface area contributed by atoms with Gasteiger partial charge in [0.25, 0.3) is 0 Å². The predicted molar refractivity (Wildman–Crippen MR) is 68.1 cm³/mol. The summed E-state index contributed by atoms with van der Waals surface area (Å²) in [6.07, 6.45) is 5.58. The van der Waals surface area contributed by atoms with Crippen LogP contribution in [0.25, 0.3) is 0 Å². The van der Waals surface area contributed by atoms with E-state index in [9.17, 15) is 9.59 Å². The van der Waals surface area contributed by atoms with Crippen LogP contribution in [0, 0.1) is 17.8 Å². The molecule has 1 amide bonds. The average Bonchev–Trinajstić information content (AvgIpc) is 2.26. The van der Waals surface area contributed by atoms with Gasteiger partial charge in [-0.05, 0) is 37.0 Å². The Balaban J connectivity index is 1.83. The molecule has 3 unspecified atom stereocenters. The van der Waals surface area contributed by atoms with E-state index in [1.165, 1.54) is 25.7 Å². The molecule has 2 aliphatic rings. The van der Waals surface area contributed by atoms with Gasteiger partial charge in [-0.25, -0.2) is 0 Å². The minimum absolute atomic E-state index is 0.0585. The van der Waals surface area contributed by atoms with Crippen molar-refractivity contribution >= 4 is 11.9 Å². The van der Waals surface area contributed by atoms with Crippen LogP contribution in [0.2, 0.25) is 0 Å². The van der Waals surface area contributed by atoms with E-state index in [1.807, 2.05) is 11.8 Å². The van der Waals surface area contributed by atoms with Crippen molar-refractivity contribution in [3.05, 3.63) is 0 Å². The van der Waals surface area contributed by atoms with Crippen molar-refractivity contribution in [1.82, 2.24) is 4.90 Å². The first kappa shape index (κ1) is 13.4. The molecule has 0 spiro atoms. The van der Waals surface area contributed by atoms with E-state index in [-0.39, 0.29) is 18.2 Å². The molecule has 0 aromatic carbocycles. The van der Waals surface area contributed by atoms with Crippen LogP contribution in [-0.2, 0) is 9.59 Å². The second-order valence-electron chi connectivity index (χ2n) is 6.10. The number of fused-ring (bicyclic) bond motifs is 2. The Morgan fingerprint density at radius 2 is 1.83 bits per heavy atom. The number of amides is 1. The minimum atomic E-state index is -0.814. The van der Waals surface area contributed by atoms with Crippen molar-refractivity contribution in [2.24, 2.45) is 17.8 Å². The lowest BCUT2D eigenvalue weighted by Crippen LogP contribution is -2.46. The van der Waals surface area contributed by atoms with Gasteiger partial charge in [-0.1, -0.05) is 13.3 Å². The second-order valence-corrected chi connectivity index (χ2v) is 6.10. The topological polar surface area (TPSA) is 57.6 Å². The molecule has 1 N–H and O–H groups in total. The van der Waals surface area contributed by atoms with Gasteiger partial charge in [-0.15, -0.1) is 0 Å². The quantitative estimate of drug-likeness (QED) is 0.835. The van der Waals surface area contributed by atoms with Crippen molar-refractivity contribution in [3.8, 4) is 0 Å². The summed E-state index contributed by atoms with van der Waals surface area (Å²) in [7, 11) is 0. The van der Waals surface area contributed by atoms with Gasteiger partial charge >= 0.3 is 5.97 Å². The van der Waals surface area contributed by atoms with Crippen LogP contribution >= 0.6 is 0 Å². The normalized spacial score (nSPS) is 28.8. The fraction of sp³-hybridized carbons (Fsp3) is 0.857. The number of carboxylic acids is 1. The Morgan fingerprint density at radius 3 is 2.39 bits per heavy atom. The molecule has 1 saturated carbocycles. The van der Waals surface area contributed by atoms with E-state index in [0.29, 0.717) is 18.3 Å². The lowest BCUT2D eigenvalue weighted by molar-refractivity contribution is -0.139. The fourth-order valence-electron chi connectivity index (χ4n) is 3.43. The van der Waals surface area contributed by atoms with E-state index in [2.05, 4.69) is 0 Å². The van der Waals surface area contributed by atoms with Crippen LogP contribution in [0.1, 0.15) is 45.4 Å². The number of carboxylic acid groups (broad SMARTS) is 1. The number of rotatable bonds is 4. The van der Waals surface area contributed by atoms with Crippen LogP contribution in [0.5, 0.6) is 0 Å². The van der Waals surface area contributed by atoms with Gasteiger partial charge in [0.1, 0.15) is 0 Å². The first-order valence-electron chi connectivity index (χ1n) is 7.04. The zero-order chi connectivity index (χ0) is 13.1. The van der Waals surface area contributed by atoms with Crippen LogP contribution < -0.4 is 0 Å². The summed E-state index contributed by atoms with van der Waals surface area (Å²) in [4.78, 5) is 24.7. The monoisotopic (exact) mass is 253 g/mol. The van der Waals surface area contributed by atoms with Gasteiger partial charge in [0.05, 0.1) is 0 Å². The van der Waals surface area contributed by atoms with Crippen molar-refractivity contribution in [2.45, 2.75) is 45.4 Å². The first-order chi connectivity index (χ1) is 8.54. The number of carbonyl (C=O) groups excluding carboxylic acids is 1. The molecule has 1 aliphatic heterocycles. The number of likely N-dealkylation sites (tertiary alicyclic amines) is 1. The molecule has 102 valence electrons. The van der Waals surface area contributed by atoms with E-state index in [4.69, 9.17) is 5.11 Å². The Morgan fingerprint density at radius 1 is 1.22 bits per heavy atom. The van der Waals surface area contributed by atoms with Crippen molar-refractivity contribution in [2.75, 3.05) is 13.1 Å². The first-order valence-corrected chi connectivity index (χ1v) is 7.04. The summed E-state index contributed by atoms with van der Waals surface area (Å²) in [5.74, 6) is 0.662. The van der Waals surface area contributed by atoms with Crippen molar-refractivity contribution < 1.29 is 14.7 Å². The molecule has 1 aliphatic carbocycles. The standard InChI is InChI=1S/C14H23NO3/c1-10(6-14(17)18)5-13(16)15-8-11-3-2-4-12(7-11)9-15/h10-12H,2-9H2,1H3,(H,17,18). The Bertz CT molecular complexity index is 317. The third-order valence-corrected chi connectivity index (χ3v) is 4.25. The summed E-state index contributed by atoms with van der Waals surface area (Å²) in [5.41, 5.74) is 0. The molecule has 0 aromatic rings. The van der Waals surface area contributed by atoms with Gasteiger partial charge in [-0.3, -0.25) is 9.59 Å². The highest BCUT2D eigenvalue weighted by Gasteiger charge is 2.32. The SMILES string of the molecule is CC(CC(=O)O)CC(=O)N1CC2CCCC(C2)C1. The van der Waals surface area contributed by atoms with E-state index >= 15 is 0 Å². The maximum atomic E-state index is 12.2. The Labute approximate surface area is 108 Å². The fourth-order valence-corrected chi connectivity index (χ4v) is 3.43. The van der Waals surface area contributed by atoms with E-state index in [1.54, 1.807) is 0 Å². The maximum absolute atomic E-state index is 12.2. The molecule has 3 atom stereocenters. The summed E-state index contributed by atoms with van der Waals surface area (Å²) in [6, 6.07) is 0. The number of piperidine rings is 1. The number of nitrogens with zero attached hydrogens (tertiary/aromatic N) is 1. The van der Waals surface area contributed by atoms with Crippen LogP contribution in [0.3, 0.4) is 0 Å². The summed E-state index contributed by atoms with van der Waals surface area (Å²) < 4.78 is 0. The molecule has 1 heterocycles. The van der Waals surface area contributed by atoms with E-state index < -0.39 is 5.97 Å². The number of carbonyl (C=O) groups is 2. The molecule has 1 saturated heterocycles. The smallest absolute Gasteiger partial charge is 0.303 e. The Hall–Kier alpha value is -1.06.